The fourth-order valence-electron chi connectivity index (χ4n) is 3.01. The molecule has 0 atom stereocenters. The van der Waals surface area contributed by atoms with Crippen LogP contribution < -0.4 is 14.8 Å². The van der Waals surface area contributed by atoms with Crippen LogP contribution in [0.4, 0.5) is 5.69 Å². The SMILES string of the molecule is CCn1c(COc2ccc(C(C)C)cc2)nnc1SCC(=O)Nc1ccccc1OC. The standard InChI is InChI=1S/C23H28N4O3S/c1-5-27-21(14-30-18-12-10-17(11-13-18)16(2)3)25-26-23(27)31-15-22(28)24-19-8-6-7-9-20(19)29-4/h6-13,16H,5,14-15H2,1-4H3,(H,24,28). The van der Waals surface area contributed by atoms with E-state index in [1.54, 1.807) is 19.2 Å². The number of thioether (sulfide) groups is 1. The largest absolute Gasteiger partial charge is 0.495 e. The number of benzene rings is 2. The zero-order valence-corrected chi connectivity index (χ0v) is 19.1. The van der Waals surface area contributed by atoms with Crippen LogP contribution in [0, 0.1) is 0 Å². The molecule has 0 radical (unpaired) electrons. The predicted octanol–water partition coefficient (Wildman–Crippen LogP) is 4.74. The Labute approximate surface area is 187 Å². The second-order valence-corrected chi connectivity index (χ2v) is 8.14. The number of aromatic nitrogens is 3. The van der Waals surface area contributed by atoms with Crippen molar-refractivity contribution in [2.45, 2.75) is 45.0 Å². The third-order valence-corrected chi connectivity index (χ3v) is 5.70. The maximum Gasteiger partial charge on any atom is 0.234 e. The van der Waals surface area contributed by atoms with Crippen LogP contribution in [0.5, 0.6) is 11.5 Å². The Morgan fingerprint density at radius 2 is 1.87 bits per heavy atom. The zero-order valence-electron chi connectivity index (χ0n) is 18.3. The summed E-state index contributed by atoms with van der Waals surface area (Å²) in [5.41, 5.74) is 1.92. The summed E-state index contributed by atoms with van der Waals surface area (Å²) in [5, 5.41) is 12.0. The molecule has 0 unspecified atom stereocenters. The molecule has 0 aliphatic rings. The van der Waals surface area contributed by atoms with Crippen LogP contribution in [-0.4, -0.2) is 33.5 Å². The number of carbonyl (C=O) groups is 1. The predicted molar refractivity (Wildman–Crippen MR) is 123 cm³/mol. The zero-order chi connectivity index (χ0) is 22.2. The molecule has 7 nitrogen and oxygen atoms in total. The van der Waals surface area contributed by atoms with Crippen molar-refractivity contribution in [1.29, 1.82) is 0 Å². The molecule has 1 amide bonds. The second-order valence-electron chi connectivity index (χ2n) is 7.19. The van der Waals surface area contributed by atoms with Crippen LogP contribution in [0.2, 0.25) is 0 Å². The molecule has 1 N–H and O–H groups in total. The summed E-state index contributed by atoms with van der Waals surface area (Å²) in [6.07, 6.45) is 0. The number of hydrogen-bond donors (Lipinski definition) is 1. The van der Waals surface area contributed by atoms with Crippen LogP contribution in [0.3, 0.4) is 0 Å². The fourth-order valence-corrected chi connectivity index (χ4v) is 3.83. The number of para-hydroxylation sites is 2. The highest BCUT2D eigenvalue weighted by molar-refractivity contribution is 7.99. The summed E-state index contributed by atoms with van der Waals surface area (Å²) in [7, 11) is 1.58. The highest BCUT2D eigenvalue weighted by Crippen LogP contribution is 2.24. The minimum absolute atomic E-state index is 0.136. The van der Waals surface area contributed by atoms with Gasteiger partial charge in [0.25, 0.3) is 0 Å². The van der Waals surface area contributed by atoms with Crippen LogP contribution in [0.25, 0.3) is 0 Å². The lowest BCUT2D eigenvalue weighted by atomic mass is 10.0. The van der Waals surface area contributed by atoms with Gasteiger partial charge in [-0.2, -0.15) is 0 Å². The van der Waals surface area contributed by atoms with Crippen molar-refractivity contribution >= 4 is 23.4 Å². The molecule has 164 valence electrons. The van der Waals surface area contributed by atoms with Crippen molar-refractivity contribution in [2.24, 2.45) is 0 Å². The number of nitrogens with zero attached hydrogens (tertiary/aromatic N) is 3. The monoisotopic (exact) mass is 440 g/mol. The van der Waals surface area contributed by atoms with E-state index in [2.05, 4.69) is 41.5 Å². The van der Waals surface area contributed by atoms with Gasteiger partial charge in [0.05, 0.1) is 18.6 Å². The van der Waals surface area contributed by atoms with Crippen LogP contribution in [0.15, 0.2) is 53.7 Å². The van der Waals surface area contributed by atoms with Crippen molar-refractivity contribution in [3.63, 3.8) is 0 Å². The topological polar surface area (TPSA) is 78.3 Å². The molecule has 0 spiro atoms. The van der Waals surface area contributed by atoms with Crippen LogP contribution in [0.1, 0.15) is 38.1 Å². The van der Waals surface area contributed by atoms with Crippen molar-refractivity contribution in [3.8, 4) is 11.5 Å². The average molecular weight is 441 g/mol. The van der Waals surface area contributed by atoms with E-state index in [1.165, 1.54) is 17.3 Å². The van der Waals surface area contributed by atoms with Crippen LogP contribution in [-0.2, 0) is 17.9 Å². The number of nitrogens with one attached hydrogen (secondary N) is 1. The van der Waals surface area contributed by atoms with E-state index in [-0.39, 0.29) is 11.7 Å². The van der Waals surface area contributed by atoms with E-state index in [4.69, 9.17) is 9.47 Å². The molecule has 0 bridgehead atoms. The summed E-state index contributed by atoms with van der Waals surface area (Å²) in [6.45, 7) is 7.35. The molecule has 2 aromatic carbocycles. The molecular weight excluding hydrogens is 412 g/mol. The molecule has 0 aliphatic heterocycles. The third kappa shape index (κ3) is 6.01. The van der Waals surface area contributed by atoms with Gasteiger partial charge in [0.15, 0.2) is 11.0 Å². The number of carbonyl (C=O) groups excluding carboxylic acids is 1. The molecule has 1 aromatic heterocycles. The number of hydrogen-bond acceptors (Lipinski definition) is 6. The lowest BCUT2D eigenvalue weighted by molar-refractivity contribution is -0.113. The summed E-state index contributed by atoms with van der Waals surface area (Å²) in [4.78, 5) is 12.4. The third-order valence-electron chi connectivity index (χ3n) is 4.74. The lowest BCUT2D eigenvalue weighted by Crippen LogP contribution is -2.15. The molecule has 0 saturated carbocycles. The normalized spacial score (nSPS) is 10.9. The minimum atomic E-state index is -0.136. The van der Waals surface area contributed by atoms with Gasteiger partial charge in [0.2, 0.25) is 5.91 Å². The van der Waals surface area contributed by atoms with Gasteiger partial charge >= 0.3 is 0 Å². The van der Waals surface area contributed by atoms with E-state index >= 15 is 0 Å². The van der Waals surface area contributed by atoms with Crippen molar-refractivity contribution in [1.82, 2.24) is 14.8 Å². The molecule has 1 heterocycles. The number of anilines is 1. The fraction of sp³-hybridized carbons (Fsp3) is 0.348. The summed E-state index contributed by atoms with van der Waals surface area (Å²) in [5.74, 6) is 2.70. The molecule has 3 aromatic rings. The molecule has 0 fully saturated rings. The van der Waals surface area contributed by atoms with E-state index in [0.717, 1.165) is 11.6 Å². The summed E-state index contributed by atoms with van der Waals surface area (Å²) < 4.78 is 13.1. The van der Waals surface area contributed by atoms with E-state index < -0.39 is 0 Å². The Bertz CT molecular complexity index is 1000. The van der Waals surface area contributed by atoms with Crippen LogP contribution >= 0.6 is 11.8 Å². The van der Waals surface area contributed by atoms with Crippen molar-refractivity contribution < 1.29 is 14.3 Å². The molecular formula is C23H28N4O3S. The molecule has 0 aliphatic carbocycles. The quantitative estimate of drug-likeness (QED) is 0.459. The van der Waals surface area contributed by atoms with Gasteiger partial charge < -0.3 is 19.4 Å². The molecule has 3 rings (SSSR count). The molecule has 0 saturated heterocycles. The Morgan fingerprint density at radius 1 is 1.13 bits per heavy atom. The first kappa shape index (κ1) is 22.7. The Kier molecular flexibility index (Phi) is 7.94. The highest BCUT2D eigenvalue weighted by atomic mass is 32.2. The highest BCUT2D eigenvalue weighted by Gasteiger charge is 2.15. The maximum atomic E-state index is 12.4. The summed E-state index contributed by atoms with van der Waals surface area (Å²) >= 11 is 1.34. The van der Waals surface area contributed by atoms with Gasteiger partial charge in [0.1, 0.15) is 18.1 Å². The van der Waals surface area contributed by atoms with Gasteiger partial charge in [0, 0.05) is 6.54 Å². The first-order chi connectivity index (χ1) is 15.0. The lowest BCUT2D eigenvalue weighted by Gasteiger charge is -2.11. The van der Waals surface area contributed by atoms with Gasteiger partial charge in [-0.1, -0.05) is 49.9 Å². The maximum absolute atomic E-state index is 12.4. The van der Waals surface area contributed by atoms with Gasteiger partial charge in [-0.3, -0.25) is 4.79 Å². The minimum Gasteiger partial charge on any atom is -0.495 e. The average Bonchev–Trinajstić information content (AvgIpc) is 3.18. The van der Waals surface area contributed by atoms with Gasteiger partial charge in [-0.25, -0.2) is 0 Å². The smallest absolute Gasteiger partial charge is 0.234 e. The Balaban J connectivity index is 1.57. The first-order valence-corrected chi connectivity index (χ1v) is 11.2. The number of amides is 1. The number of ether oxygens (including phenoxy) is 2. The number of methoxy groups -OCH3 is 1. The second kappa shape index (κ2) is 10.9. The molecule has 31 heavy (non-hydrogen) atoms. The van der Waals surface area contributed by atoms with Crippen molar-refractivity contribution in [3.05, 3.63) is 59.9 Å². The van der Waals surface area contributed by atoms with Gasteiger partial charge in [-0.05, 0) is 42.7 Å². The first-order valence-electron chi connectivity index (χ1n) is 10.2. The van der Waals surface area contributed by atoms with Gasteiger partial charge in [-0.15, -0.1) is 10.2 Å². The van der Waals surface area contributed by atoms with E-state index in [0.29, 0.717) is 35.7 Å². The Morgan fingerprint density at radius 3 is 2.55 bits per heavy atom. The summed E-state index contributed by atoms with van der Waals surface area (Å²) in [6, 6.07) is 15.4. The molecule has 8 heteroatoms. The van der Waals surface area contributed by atoms with E-state index in [1.807, 2.05) is 35.8 Å². The Hall–Kier alpha value is -3.00. The van der Waals surface area contributed by atoms with Crippen molar-refractivity contribution in [2.75, 3.05) is 18.2 Å². The number of rotatable bonds is 10. The van der Waals surface area contributed by atoms with E-state index in [9.17, 15) is 4.79 Å².